The van der Waals surface area contributed by atoms with Gasteiger partial charge in [-0.25, -0.2) is 0 Å². The van der Waals surface area contributed by atoms with E-state index in [1.807, 2.05) is 36.4 Å². The van der Waals surface area contributed by atoms with Crippen molar-refractivity contribution < 1.29 is 14.7 Å². The summed E-state index contributed by atoms with van der Waals surface area (Å²) in [6.07, 6.45) is -0.0348. The molecule has 154 valence electrons. The number of carbonyl (C=O) groups is 2. The van der Waals surface area contributed by atoms with Gasteiger partial charge in [-0.2, -0.15) is 0 Å². The zero-order valence-electron chi connectivity index (χ0n) is 16.3. The Labute approximate surface area is 176 Å². The molecule has 0 saturated carbocycles. The summed E-state index contributed by atoms with van der Waals surface area (Å²) in [5.41, 5.74) is 1.85. The zero-order valence-corrected chi connectivity index (χ0v) is 17.0. The molecule has 1 fully saturated rings. The van der Waals surface area contributed by atoms with Gasteiger partial charge in [0.15, 0.2) is 0 Å². The molecule has 0 bridgehead atoms. The molecule has 2 aromatic carbocycles. The number of nitrogens with zero attached hydrogens (tertiary/aromatic N) is 2. The van der Waals surface area contributed by atoms with E-state index in [-0.39, 0.29) is 12.3 Å². The minimum atomic E-state index is -0.936. The Balaban J connectivity index is 1.46. The van der Waals surface area contributed by atoms with Crippen LogP contribution in [0.2, 0.25) is 5.02 Å². The van der Waals surface area contributed by atoms with Gasteiger partial charge in [0.25, 0.3) is 0 Å². The summed E-state index contributed by atoms with van der Waals surface area (Å²) in [4.78, 5) is 28.4. The first kappa shape index (κ1) is 21.3. The van der Waals surface area contributed by atoms with Gasteiger partial charge in [-0.1, -0.05) is 41.9 Å². The number of para-hydroxylation sites is 1. The Morgan fingerprint density at radius 2 is 1.69 bits per heavy atom. The maximum absolute atomic E-state index is 12.2. The van der Waals surface area contributed by atoms with Crippen LogP contribution in [0.25, 0.3) is 0 Å². The zero-order chi connectivity index (χ0) is 20.6. The lowest BCUT2D eigenvalue weighted by Crippen LogP contribution is -2.48. The number of nitrogens with one attached hydrogen (secondary N) is 1. The van der Waals surface area contributed by atoms with Crippen LogP contribution in [-0.4, -0.2) is 59.5 Å². The molecule has 0 spiro atoms. The van der Waals surface area contributed by atoms with Gasteiger partial charge in [-0.3, -0.25) is 19.4 Å². The number of aliphatic carboxylic acids is 1. The summed E-state index contributed by atoms with van der Waals surface area (Å²) in [6.45, 7) is 4.48. The monoisotopic (exact) mass is 415 g/mol. The quantitative estimate of drug-likeness (QED) is 0.692. The van der Waals surface area contributed by atoms with Crippen LogP contribution in [0, 0.1) is 5.92 Å². The summed E-state index contributed by atoms with van der Waals surface area (Å²) >= 11 is 6.05. The number of rotatable bonds is 8. The molecule has 1 aliphatic heterocycles. The second-order valence-electron chi connectivity index (χ2n) is 7.36. The molecule has 1 amide bonds. The van der Waals surface area contributed by atoms with Crippen molar-refractivity contribution >= 4 is 29.2 Å². The molecule has 0 aromatic heterocycles. The first-order chi connectivity index (χ1) is 14.0. The SMILES string of the molecule is O=C(CC(CN1CCN(Cc2cccc(Cl)c2)CC1)C(=O)O)Nc1ccccc1. The fourth-order valence-electron chi connectivity index (χ4n) is 3.52. The third-order valence-corrected chi connectivity index (χ3v) is 5.31. The van der Waals surface area contributed by atoms with Gasteiger partial charge in [0.05, 0.1) is 5.92 Å². The summed E-state index contributed by atoms with van der Waals surface area (Å²) in [6, 6.07) is 16.9. The van der Waals surface area contributed by atoms with Crippen molar-refractivity contribution in [2.24, 2.45) is 5.92 Å². The summed E-state index contributed by atoms with van der Waals surface area (Å²) in [5, 5.41) is 13.1. The lowest BCUT2D eigenvalue weighted by Gasteiger charge is -2.35. The van der Waals surface area contributed by atoms with E-state index in [4.69, 9.17) is 11.6 Å². The predicted molar refractivity (Wildman–Crippen MR) is 114 cm³/mol. The molecule has 1 heterocycles. The predicted octanol–water partition coefficient (Wildman–Crippen LogP) is 3.19. The normalized spacial score (nSPS) is 16.3. The van der Waals surface area contributed by atoms with E-state index in [1.165, 1.54) is 5.56 Å². The fraction of sp³-hybridized carbons (Fsp3) is 0.364. The van der Waals surface area contributed by atoms with E-state index in [9.17, 15) is 14.7 Å². The molecule has 2 N–H and O–H groups in total. The van der Waals surface area contributed by atoms with Crippen LogP contribution in [0.5, 0.6) is 0 Å². The molecule has 1 unspecified atom stereocenters. The Morgan fingerprint density at radius 3 is 2.34 bits per heavy atom. The van der Waals surface area contributed by atoms with E-state index < -0.39 is 11.9 Å². The molecular weight excluding hydrogens is 390 g/mol. The fourth-order valence-corrected chi connectivity index (χ4v) is 3.74. The van der Waals surface area contributed by atoms with Gasteiger partial charge in [0.2, 0.25) is 5.91 Å². The van der Waals surface area contributed by atoms with Gasteiger partial charge < -0.3 is 10.4 Å². The molecule has 1 saturated heterocycles. The average Bonchev–Trinajstić information content (AvgIpc) is 2.69. The molecule has 1 atom stereocenters. The van der Waals surface area contributed by atoms with E-state index in [0.717, 1.165) is 37.7 Å². The van der Waals surface area contributed by atoms with Crippen molar-refractivity contribution in [1.82, 2.24) is 9.80 Å². The second-order valence-corrected chi connectivity index (χ2v) is 7.80. The molecule has 2 aromatic rings. The average molecular weight is 416 g/mol. The maximum Gasteiger partial charge on any atom is 0.308 e. The number of carbonyl (C=O) groups excluding carboxylic acids is 1. The second kappa shape index (κ2) is 10.4. The van der Waals surface area contributed by atoms with Crippen molar-refractivity contribution in [1.29, 1.82) is 0 Å². The number of benzene rings is 2. The number of hydrogen-bond acceptors (Lipinski definition) is 4. The first-order valence-corrected chi connectivity index (χ1v) is 10.1. The minimum Gasteiger partial charge on any atom is -0.481 e. The third-order valence-electron chi connectivity index (χ3n) is 5.08. The van der Waals surface area contributed by atoms with E-state index >= 15 is 0 Å². The lowest BCUT2D eigenvalue weighted by atomic mass is 10.0. The van der Waals surface area contributed by atoms with Crippen LogP contribution in [0.4, 0.5) is 5.69 Å². The van der Waals surface area contributed by atoms with Crippen LogP contribution < -0.4 is 5.32 Å². The number of halogens is 1. The number of hydrogen-bond donors (Lipinski definition) is 2. The highest BCUT2D eigenvalue weighted by molar-refractivity contribution is 6.30. The topological polar surface area (TPSA) is 72.9 Å². The van der Waals surface area contributed by atoms with Crippen molar-refractivity contribution in [3.05, 3.63) is 65.2 Å². The highest BCUT2D eigenvalue weighted by Crippen LogP contribution is 2.16. The van der Waals surface area contributed by atoms with Crippen LogP contribution in [-0.2, 0) is 16.1 Å². The molecular formula is C22H26ClN3O3. The van der Waals surface area contributed by atoms with Crippen LogP contribution in [0.3, 0.4) is 0 Å². The van der Waals surface area contributed by atoms with Crippen molar-refractivity contribution in [3.63, 3.8) is 0 Å². The Morgan fingerprint density at radius 1 is 1.00 bits per heavy atom. The highest BCUT2D eigenvalue weighted by Gasteiger charge is 2.26. The lowest BCUT2D eigenvalue weighted by molar-refractivity contribution is -0.144. The molecule has 0 aliphatic carbocycles. The standard InChI is InChI=1S/C22H26ClN3O3/c23-19-6-4-5-17(13-19)15-25-9-11-26(12-10-25)16-18(22(28)29)14-21(27)24-20-7-2-1-3-8-20/h1-8,13,18H,9-12,14-16H2,(H,24,27)(H,28,29). The number of amides is 1. The smallest absolute Gasteiger partial charge is 0.308 e. The molecule has 6 nitrogen and oxygen atoms in total. The van der Waals surface area contributed by atoms with Crippen LogP contribution in [0.1, 0.15) is 12.0 Å². The Kier molecular flexibility index (Phi) is 7.63. The minimum absolute atomic E-state index is 0.0348. The maximum atomic E-state index is 12.2. The van der Waals surface area contributed by atoms with Gasteiger partial charge in [0.1, 0.15) is 0 Å². The molecule has 3 rings (SSSR count). The largest absolute Gasteiger partial charge is 0.481 e. The number of piperazine rings is 1. The van der Waals surface area contributed by atoms with E-state index in [0.29, 0.717) is 12.2 Å². The van der Waals surface area contributed by atoms with E-state index in [2.05, 4.69) is 21.2 Å². The third kappa shape index (κ3) is 6.85. The Bertz CT molecular complexity index is 823. The number of carboxylic acids is 1. The first-order valence-electron chi connectivity index (χ1n) is 9.76. The van der Waals surface area contributed by atoms with Gasteiger partial charge in [-0.05, 0) is 29.8 Å². The van der Waals surface area contributed by atoms with Crippen molar-refractivity contribution in [2.45, 2.75) is 13.0 Å². The van der Waals surface area contributed by atoms with Gasteiger partial charge in [0, 0.05) is 56.4 Å². The van der Waals surface area contributed by atoms with Crippen LogP contribution >= 0.6 is 11.6 Å². The van der Waals surface area contributed by atoms with Gasteiger partial charge in [-0.15, -0.1) is 0 Å². The molecule has 0 radical (unpaired) electrons. The van der Waals surface area contributed by atoms with Crippen LogP contribution in [0.15, 0.2) is 54.6 Å². The number of carboxylic acid groups (broad SMARTS) is 1. The van der Waals surface area contributed by atoms with Gasteiger partial charge >= 0.3 is 5.97 Å². The molecule has 1 aliphatic rings. The molecule has 7 heteroatoms. The Hall–Kier alpha value is -2.41. The summed E-state index contributed by atoms with van der Waals surface area (Å²) in [5.74, 6) is -1.93. The van der Waals surface area contributed by atoms with E-state index in [1.54, 1.807) is 12.1 Å². The van der Waals surface area contributed by atoms with Crippen molar-refractivity contribution in [3.8, 4) is 0 Å². The number of anilines is 1. The van der Waals surface area contributed by atoms with Crippen molar-refractivity contribution in [2.75, 3.05) is 38.0 Å². The highest BCUT2D eigenvalue weighted by atomic mass is 35.5. The summed E-state index contributed by atoms with van der Waals surface area (Å²) < 4.78 is 0. The molecule has 29 heavy (non-hydrogen) atoms. The summed E-state index contributed by atoms with van der Waals surface area (Å²) in [7, 11) is 0.